The quantitative estimate of drug-likeness (QED) is 0.466. The monoisotopic (exact) mass is 310 g/mol. The standard InChI is InChI=1S/C18H30O4/c1-4-5-6-7-8-12-15-18(19,17(20-2)21-3)22-16-13-10-9-11-14-16/h9-11,13-14,17,19H,4-8,12,15H2,1-3H3. The van der Waals surface area contributed by atoms with Gasteiger partial charge in [-0.05, 0) is 18.6 Å². The SMILES string of the molecule is CCCCCCCCC(O)(Oc1ccccc1)C(OC)OC. The van der Waals surface area contributed by atoms with Gasteiger partial charge in [0.25, 0.3) is 5.79 Å². The van der Waals surface area contributed by atoms with E-state index in [-0.39, 0.29) is 0 Å². The summed E-state index contributed by atoms with van der Waals surface area (Å²) < 4.78 is 16.2. The first-order valence-electron chi connectivity index (χ1n) is 8.18. The smallest absolute Gasteiger partial charge is 0.259 e. The molecule has 1 atom stereocenters. The molecule has 4 heteroatoms. The van der Waals surface area contributed by atoms with E-state index in [2.05, 4.69) is 6.92 Å². The maximum atomic E-state index is 10.9. The number of hydrogen-bond acceptors (Lipinski definition) is 4. The van der Waals surface area contributed by atoms with E-state index < -0.39 is 12.1 Å². The minimum atomic E-state index is -1.48. The molecule has 0 aliphatic carbocycles. The van der Waals surface area contributed by atoms with Gasteiger partial charge < -0.3 is 19.3 Å². The van der Waals surface area contributed by atoms with Gasteiger partial charge in [-0.1, -0.05) is 57.2 Å². The molecule has 1 unspecified atom stereocenters. The van der Waals surface area contributed by atoms with Gasteiger partial charge in [0.2, 0.25) is 6.29 Å². The molecule has 0 aromatic heterocycles. The van der Waals surface area contributed by atoms with E-state index in [1.54, 1.807) is 0 Å². The van der Waals surface area contributed by atoms with Crippen molar-refractivity contribution in [2.75, 3.05) is 14.2 Å². The summed E-state index contributed by atoms with van der Waals surface area (Å²) in [5.74, 6) is -0.870. The van der Waals surface area contributed by atoms with E-state index in [1.165, 1.54) is 39.9 Å². The number of ether oxygens (including phenoxy) is 3. The van der Waals surface area contributed by atoms with Crippen LogP contribution in [0.2, 0.25) is 0 Å². The third-order valence-electron chi connectivity index (χ3n) is 3.72. The van der Waals surface area contributed by atoms with Crippen LogP contribution in [0, 0.1) is 0 Å². The van der Waals surface area contributed by atoms with Gasteiger partial charge in [0.15, 0.2) is 0 Å². The number of rotatable bonds is 12. The molecule has 0 aliphatic rings. The summed E-state index contributed by atoms with van der Waals surface area (Å²) in [6.45, 7) is 2.20. The lowest BCUT2D eigenvalue weighted by Gasteiger charge is -2.34. The number of benzene rings is 1. The van der Waals surface area contributed by atoms with Gasteiger partial charge in [0, 0.05) is 20.6 Å². The van der Waals surface area contributed by atoms with Crippen LogP contribution in [0.25, 0.3) is 0 Å². The Morgan fingerprint density at radius 2 is 1.55 bits per heavy atom. The highest BCUT2D eigenvalue weighted by molar-refractivity contribution is 5.21. The zero-order valence-corrected chi connectivity index (χ0v) is 14.1. The van der Waals surface area contributed by atoms with Crippen LogP contribution in [0.5, 0.6) is 5.75 Å². The van der Waals surface area contributed by atoms with Crippen molar-refractivity contribution in [1.82, 2.24) is 0 Å². The highest BCUT2D eigenvalue weighted by Gasteiger charge is 2.39. The molecule has 0 spiro atoms. The van der Waals surface area contributed by atoms with Crippen molar-refractivity contribution in [2.24, 2.45) is 0 Å². The molecule has 0 saturated carbocycles. The number of methoxy groups -OCH3 is 2. The fourth-order valence-corrected chi connectivity index (χ4v) is 2.53. The average Bonchev–Trinajstić information content (AvgIpc) is 2.53. The van der Waals surface area contributed by atoms with Crippen LogP contribution in [0.3, 0.4) is 0 Å². The number of aliphatic hydroxyl groups is 1. The molecule has 0 saturated heterocycles. The van der Waals surface area contributed by atoms with E-state index in [0.717, 1.165) is 12.8 Å². The minimum Gasteiger partial charge on any atom is -0.457 e. The van der Waals surface area contributed by atoms with Gasteiger partial charge in [0.05, 0.1) is 0 Å². The Morgan fingerprint density at radius 3 is 2.14 bits per heavy atom. The summed E-state index contributed by atoms with van der Waals surface area (Å²) in [5.41, 5.74) is 0. The van der Waals surface area contributed by atoms with Crippen LogP contribution in [0.15, 0.2) is 30.3 Å². The van der Waals surface area contributed by atoms with Gasteiger partial charge in [0.1, 0.15) is 5.75 Å². The van der Waals surface area contributed by atoms with E-state index in [9.17, 15) is 5.11 Å². The fourth-order valence-electron chi connectivity index (χ4n) is 2.53. The molecule has 0 bridgehead atoms. The lowest BCUT2D eigenvalue weighted by Crippen LogP contribution is -2.49. The van der Waals surface area contributed by atoms with Crippen LogP contribution in [0.1, 0.15) is 51.9 Å². The van der Waals surface area contributed by atoms with Crippen LogP contribution in [-0.2, 0) is 9.47 Å². The third kappa shape index (κ3) is 6.34. The third-order valence-corrected chi connectivity index (χ3v) is 3.72. The van der Waals surface area contributed by atoms with Crippen molar-refractivity contribution in [3.05, 3.63) is 30.3 Å². The Bertz CT molecular complexity index is 378. The molecule has 0 fully saturated rings. The molecule has 1 aromatic rings. The molecule has 22 heavy (non-hydrogen) atoms. The predicted octanol–water partition coefficient (Wildman–Crippen LogP) is 4.12. The number of unbranched alkanes of at least 4 members (excludes halogenated alkanes) is 5. The van der Waals surface area contributed by atoms with Crippen molar-refractivity contribution in [3.8, 4) is 5.75 Å². The normalized spacial score (nSPS) is 14.0. The molecule has 1 N–H and O–H groups in total. The largest absolute Gasteiger partial charge is 0.457 e. The molecule has 0 aliphatic heterocycles. The molecule has 0 heterocycles. The lowest BCUT2D eigenvalue weighted by atomic mass is 10.0. The second kappa shape index (κ2) is 10.6. The first kappa shape index (κ1) is 18.9. The second-order valence-electron chi connectivity index (χ2n) is 5.58. The number of hydrogen-bond donors (Lipinski definition) is 1. The zero-order valence-electron chi connectivity index (χ0n) is 14.1. The zero-order chi connectivity index (χ0) is 16.3. The Hall–Kier alpha value is -1.10. The number of para-hydroxylation sites is 1. The molecular formula is C18H30O4. The Balaban J connectivity index is 2.58. The Labute approximate surface area is 134 Å². The average molecular weight is 310 g/mol. The van der Waals surface area contributed by atoms with E-state index >= 15 is 0 Å². The summed E-state index contributed by atoms with van der Waals surface area (Å²) in [4.78, 5) is 0. The van der Waals surface area contributed by atoms with Crippen molar-refractivity contribution in [2.45, 2.75) is 63.9 Å². The summed E-state index contributed by atoms with van der Waals surface area (Å²) >= 11 is 0. The highest BCUT2D eigenvalue weighted by Crippen LogP contribution is 2.27. The predicted molar refractivity (Wildman–Crippen MR) is 87.8 cm³/mol. The van der Waals surface area contributed by atoms with Gasteiger partial charge >= 0.3 is 0 Å². The highest BCUT2D eigenvalue weighted by atomic mass is 16.7. The van der Waals surface area contributed by atoms with E-state index in [1.807, 2.05) is 30.3 Å². The summed E-state index contributed by atoms with van der Waals surface area (Å²) in [6, 6.07) is 9.27. The molecule has 0 amide bonds. The topological polar surface area (TPSA) is 47.9 Å². The Kier molecular flexibility index (Phi) is 9.13. The molecular weight excluding hydrogens is 280 g/mol. The van der Waals surface area contributed by atoms with Crippen molar-refractivity contribution in [1.29, 1.82) is 0 Å². The second-order valence-corrected chi connectivity index (χ2v) is 5.58. The molecule has 1 aromatic carbocycles. The van der Waals surface area contributed by atoms with Gasteiger partial charge in [-0.25, -0.2) is 0 Å². The van der Waals surface area contributed by atoms with Gasteiger partial charge in [-0.2, -0.15) is 0 Å². The van der Waals surface area contributed by atoms with Crippen molar-refractivity contribution >= 4 is 0 Å². The maximum Gasteiger partial charge on any atom is 0.259 e. The molecule has 4 nitrogen and oxygen atoms in total. The van der Waals surface area contributed by atoms with Gasteiger partial charge in [-0.3, -0.25) is 0 Å². The Morgan fingerprint density at radius 1 is 0.955 bits per heavy atom. The maximum absolute atomic E-state index is 10.9. The van der Waals surface area contributed by atoms with Crippen LogP contribution in [0.4, 0.5) is 0 Å². The summed E-state index contributed by atoms with van der Waals surface area (Å²) in [5, 5.41) is 10.9. The van der Waals surface area contributed by atoms with E-state index in [0.29, 0.717) is 12.2 Å². The molecule has 1 rings (SSSR count). The first-order chi connectivity index (χ1) is 10.7. The molecule has 0 radical (unpaired) electrons. The first-order valence-corrected chi connectivity index (χ1v) is 8.18. The van der Waals surface area contributed by atoms with E-state index in [4.69, 9.17) is 14.2 Å². The fraction of sp³-hybridized carbons (Fsp3) is 0.667. The van der Waals surface area contributed by atoms with Crippen LogP contribution < -0.4 is 4.74 Å². The van der Waals surface area contributed by atoms with Crippen molar-refractivity contribution < 1.29 is 19.3 Å². The summed E-state index contributed by atoms with van der Waals surface area (Å²) in [6.07, 6.45) is 6.52. The molecule has 126 valence electrons. The van der Waals surface area contributed by atoms with Crippen molar-refractivity contribution in [3.63, 3.8) is 0 Å². The van der Waals surface area contributed by atoms with Gasteiger partial charge in [-0.15, -0.1) is 0 Å². The lowest BCUT2D eigenvalue weighted by molar-refractivity contribution is -0.294. The summed E-state index contributed by atoms with van der Waals surface area (Å²) in [7, 11) is 3.02. The van der Waals surface area contributed by atoms with Crippen LogP contribution >= 0.6 is 0 Å². The van der Waals surface area contributed by atoms with Crippen LogP contribution in [-0.4, -0.2) is 31.4 Å². The minimum absolute atomic E-state index is 0.473.